The highest BCUT2D eigenvalue weighted by Crippen LogP contribution is 2.36. The molecule has 3 heteroatoms. The lowest BCUT2D eigenvalue weighted by Gasteiger charge is -2.16. The van der Waals surface area contributed by atoms with Gasteiger partial charge in [0.05, 0.1) is 7.11 Å². The molecule has 0 heterocycles. The monoisotopic (exact) mass is 349 g/mol. The molecule has 0 aliphatic carbocycles. The maximum Gasteiger partial charge on any atom is 0.132 e. The Hall–Kier alpha value is -2.65. The van der Waals surface area contributed by atoms with Gasteiger partial charge in [0.25, 0.3) is 0 Å². The molecule has 3 rings (SSSR count). The van der Waals surface area contributed by atoms with Gasteiger partial charge in [-0.25, -0.2) is 4.39 Å². The summed E-state index contributed by atoms with van der Waals surface area (Å²) in [5.41, 5.74) is 13.8. The highest BCUT2D eigenvalue weighted by Gasteiger charge is 2.15. The van der Waals surface area contributed by atoms with Crippen molar-refractivity contribution >= 4 is 0 Å². The minimum Gasteiger partial charge on any atom is -0.496 e. The second-order valence-electron chi connectivity index (χ2n) is 6.57. The fourth-order valence-corrected chi connectivity index (χ4v) is 3.43. The lowest BCUT2D eigenvalue weighted by Crippen LogP contribution is -2.04. The molecule has 0 radical (unpaired) electrons. The largest absolute Gasteiger partial charge is 0.496 e. The molecule has 26 heavy (non-hydrogen) atoms. The first-order valence-corrected chi connectivity index (χ1v) is 8.71. The van der Waals surface area contributed by atoms with Gasteiger partial charge in [0.1, 0.15) is 11.6 Å². The summed E-state index contributed by atoms with van der Waals surface area (Å²) in [6, 6.07) is 15.9. The number of nitrogens with two attached hydrogens (primary N) is 1. The molecule has 2 N–H and O–H groups in total. The van der Waals surface area contributed by atoms with Gasteiger partial charge in [0.2, 0.25) is 0 Å². The van der Waals surface area contributed by atoms with E-state index in [9.17, 15) is 4.39 Å². The Morgan fingerprint density at radius 2 is 1.50 bits per heavy atom. The van der Waals surface area contributed by atoms with E-state index in [0.717, 1.165) is 22.3 Å². The molecule has 0 bridgehead atoms. The molecule has 0 saturated heterocycles. The minimum absolute atomic E-state index is 0.108. The van der Waals surface area contributed by atoms with Crippen molar-refractivity contribution in [2.24, 2.45) is 5.73 Å². The zero-order chi connectivity index (χ0) is 18.8. The van der Waals surface area contributed by atoms with E-state index in [-0.39, 0.29) is 12.4 Å². The quantitative estimate of drug-likeness (QED) is 0.670. The van der Waals surface area contributed by atoms with Crippen LogP contribution < -0.4 is 10.5 Å². The highest BCUT2D eigenvalue weighted by molar-refractivity contribution is 5.80. The van der Waals surface area contributed by atoms with Crippen LogP contribution in [0.2, 0.25) is 0 Å². The molecule has 3 aromatic rings. The van der Waals surface area contributed by atoms with Crippen LogP contribution in [0.3, 0.4) is 0 Å². The van der Waals surface area contributed by atoms with Crippen LogP contribution in [-0.4, -0.2) is 7.11 Å². The van der Waals surface area contributed by atoms with E-state index in [1.165, 1.54) is 23.8 Å². The molecule has 134 valence electrons. The van der Waals surface area contributed by atoms with E-state index in [4.69, 9.17) is 10.5 Å². The average Bonchev–Trinajstić information content (AvgIpc) is 2.63. The van der Waals surface area contributed by atoms with E-state index in [0.29, 0.717) is 11.3 Å². The van der Waals surface area contributed by atoms with Crippen LogP contribution in [0.15, 0.2) is 48.5 Å². The summed E-state index contributed by atoms with van der Waals surface area (Å²) in [5.74, 6) is 0.150. The highest BCUT2D eigenvalue weighted by atomic mass is 19.1. The SMILES string of the molecule is COc1cc(-c2cccc(-c3cccc(C)c3C)c2C)cc(F)c1CN. The fraction of sp³-hybridized carbons (Fsp3) is 0.217. The summed E-state index contributed by atoms with van der Waals surface area (Å²) in [4.78, 5) is 0. The normalized spacial score (nSPS) is 10.8. The summed E-state index contributed by atoms with van der Waals surface area (Å²) >= 11 is 0. The van der Waals surface area contributed by atoms with Crippen molar-refractivity contribution in [2.45, 2.75) is 27.3 Å². The minimum atomic E-state index is -0.335. The van der Waals surface area contributed by atoms with Gasteiger partial charge in [-0.2, -0.15) is 0 Å². The summed E-state index contributed by atoms with van der Waals surface area (Å²) in [6.07, 6.45) is 0. The van der Waals surface area contributed by atoms with Crippen molar-refractivity contribution in [2.75, 3.05) is 7.11 Å². The average molecular weight is 349 g/mol. The maximum absolute atomic E-state index is 14.5. The number of ether oxygens (including phenoxy) is 1. The Morgan fingerprint density at radius 1 is 0.885 bits per heavy atom. The van der Waals surface area contributed by atoms with Crippen LogP contribution in [0.4, 0.5) is 4.39 Å². The Bertz CT molecular complexity index is 963. The number of hydrogen-bond donors (Lipinski definition) is 1. The van der Waals surface area contributed by atoms with E-state index >= 15 is 0 Å². The van der Waals surface area contributed by atoms with Crippen molar-refractivity contribution in [3.63, 3.8) is 0 Å². The Labute approximate surface area is 154 Å². The van der Waals surface area contributed by atoms with Crippen LogP contribution in [-0.2, 0) is 6.54 Å². The number of benzene rings is 3. The van der Waals surface area contributed by atoms with Crippen LogP contribution in [0.1, 0.15) is 22.3 Å². The number of methoxy groups -OCH3 is 1. The first kappa shape index (κ1) is 18.2. The second kappa shape index (κ2) is 7.30. The molecule has 3 aromatic carbocycles. The summed E-state index contributed by atoms with van der Waals surface area (Å²) in [7, 11) is 1.54. The van der Waals surface area contributed by atoms with E-state index in [1.54, 1.807) is 6.07 Å². The first-order valence-electron chi connectivity index (χ1n) is 8.71. The summed E-state index contributed by atoms with van der Waals surface area (Å²) in [5, 5.41) is 0. The molecule has 0 fully saturated rings. The van der Waals surface area contributed by atoms with Crippen LogP contribution in [0, 0.1) is 26.6 Å². The second-order valence-corrected chi connectivity index (χ2v) is 6.57. The van der Waals surface area contributed by atoms with Gasteiger partial charge < -0.3 is 10.5 Å². The maximum atomic E-state index is 14.5. The van der Waals surface area contributed by atoms with E-state index in [1.807, 2.05) is 18.2 Å². The third kappa shape index (κ3) is 3.11. The molecular weight excluding hydrogens is 325 g/mol. The first-order chi connectivity index (χ1) is 12.5. The topological polar surface area (TPSA) is 35.2 Å². The molecule has 0 unspecified atom stereocenters. The number of aryl methyl sites for hydroxylation is 1. The van der Waals surface area contributed by atoms with Gasteiger partial charge >= 0.3 is 0 Å². The van der Waals surface area contributed by atoms with Crippen molar-refractivity contribution < 1.29 is 9.13 Å². The molecule has 0 atom stereocenters. The van der Waals surface area contributed by atoms with Crippen molar-refractivity contribution in [1.29, 1.82) is 0 Å². The van der Waals surface area contributed by atoms with Crippen molar-refractivity contribution in [3.8, 4) is 28.0 Å². The standard InChI is InChI=1S/C23H24FNO/c1-14-7-5-9-19(15(14)2)20-10-6-8-18(16(20)3)17-11-22(24)21(13-25)23(12-17)26-4/h5-12H,13,25H2,1-4H3. The molecule has 0 aromatic heterocycles. The molecule has 0 spiro atoms. The Balaban J connectivity index is 2.20. The van der Waals surface area contributed by atoms with E-state index in [2.05, 4.69) is 45.0 Å². The number of hydrogen-bond acceptors (Lipinski definition) is 2. The lowest BCUT2D eigenvalue weighted by atomic mass is 9.89. The van der Waals surface area contributed by atoms with Crippen molar-refractivity contribution in [3.05, 3.63) is 76.6 Å². The van der Waals surface area contributed by atoms with E-state index < -0.39 is 0 Å². The zero-order valence-electron chi connectivity index (χ0n) is 15.7. The molecule has 0 amide bonds. The molecule has 2 nitrogen and oxygen atoms in total. The lowest BCUT2D eigenvalue weighted by molar-refractivity contribution is 0.405. The predicted octanol–water partition coefficient (Wildman–Crippen LogP) is 5.55. The smallest absolute Gasteiger partial charge is 0.132 e. The summed E-state index contributed by atoms with van der Waals surface area (Å²) in [6.45, 7) is 6.43. The Kier molecular flexibility index (Phi) is 5.10. The fourth-order valence-electron chi connectivity index (χ4n) is 3.43. The molecular formula is C23H24FNO. The van der Waals surface area contributed by atoms with Crippen molar-refractivity contribution in [1.82, 2.24) is 0 Å². The predicted molar refractivity (Wildman–Crippen MR) is 106 cm³/mol. The van der Waals surface area contributed by atoms with Gasteiger partial charge in [-0.15, -0.1) is 0 Å². The van der Waals surface area contributed by atoms with Gasteiger partial charge in [-0.1, -0.05) is 36.4 Å². The van der Waals surface area contributed by atoms with Gasteiger partial charge in [-0.05, 0) is 71.8 Å². The molecule has 0 saturated carbocycles. The van der Waals surface area contributed by atoms with Gasteiger partial charge in [0, 0.05) is 12.1 Å². The molecule has 0 aliphatic heterocycles. The third-order valence-electron chi connectivity index (χ3n) is 5.12. The van der Waals surface area contributed by atoms with Gasteiger partial charge in [0.15, 0.2) is 0 Å². The van der Waals surface area contributed by atoms with Gasteiger partial charge in [-0.3, -0.25) is 0 Å². The van der Waals surface area contributed by atoms with Crippen LogP contribution in [0.25, 0.3) is 22.3 Å². The zero-order valence-corrected chi connectivity index (χ0v) is 15.7. The number of rotatable bonds is 4. The number of halogens is 1. The van der Waals surface area contributed by atoms with Crippen LogP contribution >= 0.6 is 0 Å². The molecule has 0 aliphatic rings. The third-order valence-corrected chi connectivity index (χ3v) is 5.12. The Morgan fingerprint density at radius 3 is 2.15 bits per heavy atom. The summed E-state index contributed by atoms with van der Waals surface area (Å²) < 4.78 is 19.8. The van der Waals surface area contributed by atoms with Crippen LogP contribution in [0.5, 0.6) is 5.75 Å².